The largest absolute Gasteiger partial charge is 0.493 e. The number of H-pyrrole nitrogens is 2. The van der Waals surface area contributed by atoms with E-state index in [-0.39, 0.29) is 0 Å². The molecule has 3 aromatic carbocycles. The predicted molar refractivity (Wildman–Crippen MR) is 154 cm³/mol. The minimum Gasteiger partial charge on any atom is -0.493 e. The van der Waals surface area contributed by atoms with Crippen LogP contribution in [0.5, 0.6) is 5.75 Å². The third-order valence-corrected chi connectivity index (χ3v) is 8.18. The summed E-state index contributed by atoms with van der Waals surface area (Å²) in [4.78, 5) is 21.6. The number of rotatable bonds is 6. The zero-order chi connectivity index (χ0) is 25.5. The Kier molecular flexibility index (Phi) is 6.01. The Bertz CT molecular complexity index is 1550. The summed E-state index contributed by atoms with van der Waals surface area (Å²) in [6.07, 6.45) is 5.28. The van der Waals surface area contributed by atoms with Gasteiger partial charge in [0.25, 0.3) is 0 Å². The molecular formula is C31H34N6O. The maximum atomic E-state index is 6.03. The fraction of sp³-hybridized carbons (Fsp3) is 0.355. The highest BCUT2D eigenvalue weighted by atomic mass is 16.5. The fourth-order valence-corrected chi connectivity index (χ4v) is 5.79. The molecule has 5 aromatic rings. The number of aromatic nitrogens is 4. The number of likely N-dealkylation sites (N-methyl/N-ethyl adjacent to an activating group) is 1. The zero-order valence-corrected chi connectivity index (χ0v) is 21.9. The van der Waals surface area contributed by atoms with Crippen LogP contribution in [0.4, 0.5) is 5.69 Å². The number of benzene rings is 3. The number of hydrogen-bond donors (Lipinski definition) is 2. The van der Waals surface area contributed by atoms with Crippen LogP contribution >= 0.6 is 0 Å². The van der Waals surface area contributed by atoms with Crippen molar-refractivity contribution in [2.24, 2.45) is 5.92 Å². The standard InChI is InChI=1S/C31H34N6O/c1-36-14-16-37(17-15-36)24-9-13-27-29(19-24)35-31(33-27)23-8-12-26-28(18-23)34-30(32-26)22-6-10-25(11-7-22)38-20-21-4-2-3-5-21/h6-13,18-19,21H,2-5,14-17,20H2,1H3,(H,32,34)(H,33,35). The summed E-state index contributed by atoms with van der Waals surface area (Å²) in [6.45, 7) is 5.12. The van der Waals surface area contributed by atoms with E-state index in [1.54, 1.807) is 0 Å². The summed E-state index contributed by atoms with van der Waals surface area (Å²) in [5.41, 5.74) is 7.34. The minimum atomic E-state index is 0.713. The number of nitrogens with zero attached hydrogens (tertiary/aromatic N) is 4. The van der Waals surface area contributed by atoms with Crippen LogP contribution in [-0.4, -0.2) is 64.7 Å². The predicted octanol–water partition coefficient (Wildman–Crippen LogP) is 6.09. The lowest BCUT2D eigenvalue weighted by Gasteiger charge is -2.34. The van der Waals surface area contributed by atoms with E-state index in [0.29, 0.717) is 5.92 Å². The smallest absolute Gasteiger partial charge is 0.138 e. The van der Waals surface area contributed by atoms with E-state index < -0.39 is 0 Å². The molecule has 2 fully saturated rings. The van der Waals surface area contributed by atoms with Crippen molar-refractivity contribution < 1.29 is 4.74 Å². The number of imidazole rings is 2. The van der Waals surface area contributed by atoms with E-state index in [2.05, 4.69) is 75.3 Å². The van der Waals surface area contributed by atoms with Gasteiger partial charge in [-0.25, -0.2) is 9.97 Å². The summed E-state index contributed by atoms with van der Waals surface area (Å²) in [5, 5.41) is 0. The first-order valence-electron chi connectivity index (χ1n) is 13.8. The van der Waals surface area contributed by atoms with Crippen LogP contribution in [0.3, 0.4) is 0 Å². The Morgan fingerprint density at radius 1 is 0.763 bits per heavy atom. The van der Waals surface area contributed by atoms with Crippen molar-refractivity contribution in [2.45, 2.75) is 25.7 Å². The number of aromatic amines is 2. The Balaban J connectivity index is 1.10. The van der Waals surface area contributed by atoms with Gasteiger partial charge in [0.15, 0.2) is 0 Å². The first kappa shape index (κ1) is 23.3. The Hall–Kier alpha value is -3.84. The van der Waals surface area contributed by atoms with Gasteiger partial charge in [-0.2, -0.15) is 0 Å². The molecule has 2 aliphatic rings. The van der Waals surface area contributed by atoms with E-state index in [9.17, 15) is 0 Å². The molecule has 0 radical (unpaired) electrons. The summed E-state index contributed by atoms with van der Waals surface area (Å²) >= 11 is 0. The molecule has 7 nitrogen and oxygen atoms in total. The van der Waals surface area contributed by atoms with Gasteiger partial charge in [0.05, 0.1) is 28.7 Å². The molecule has 1 saturated heterocycles. The number of anilines is 1. The number of ether oxygens (including phenoxy) is 1. The zero-order valence-electron chi connectivity index (χ0n) is 21.9. The highest BCUT2D eigenvalue weighted by molar-refractivity contribution is 5.87. The van der Waals surface area contributed by atoms with Crippen LogP contribution in [0.25, 0.3) is 44.8 Å². The fourth-order valence-electron chi connectivity index (χ4n) is 5.79. The molecule has 1 aliphatic carbocycles. The van der Waals surface area contributed by atoms with Crippen molar-refractivity contribution in [2.75, 3.05) is 44.7 Å². The molecule has 3 heterocycles. The molecule has 2 N–H and O–H groups in total. The van der Waals surface area contributed by atoms with Gasteiger partial charge in [0.2, 0.25) is 0 Å². The molecule has 7 heteroatoms. The highest BCUT2D eigenvalue weighted by Crippen LogP contribution is 2.30. The number of piperazine rings is 1. The van der Waals surface area contributed by atoms with Crippen molar-refractivity contribution in [3.05, 3.63) is 60.7 Å². The van der Waals surface area contributed by atoms with Gasteiger partial charge in [-0.05, 0) is 86.5 Å². The third kappa shape index (κ3) is 4.63. The summed E-state index contributed by atoms with van der Waals surface area (Å²) < 4.78 is 6.03. The second kappa shape index (κ2) is 9.80. The lowest BCUT2D eigenvalue weighted by molar-refractivity contribution is 0.252. The summed E-state index contributed by atoms with van der Waals surface area (Å²) in [5.74, 6) is 3.38. The van der Waals surface area contributed by atoms with Crippen LogP contribution in [-0.2, 0) is 0 Å². The monoisotopic (exact) mass is 506 g/mol. The normalized spacial score (nSPS) is 17.1. The van der Waals surface area contributed by atoms with E-state index in [0.717, 1.165) is 83.4 Å². The van der Waals surface area contributed by atoms with Gasteiger partial charge in [-0.15, -0.1) is 0 Å². The first-order valence-corrected chi connectivity index (χ1v) is 13.8. The van der Waals surface area contributed by atoms with Crippen molar-refractivity contribution >= 4 is 27.8 Å². The quantitative estimate of drug-likeness (QED) is 0.291. The average Bonchev–Trinajstić information content (AvgIpc) is 3.71. The van der Waals surface area contributed by atoms with E-state index in [1.165, 1.54) is 31.4 Å². The maximum Gasteiger partial charge on any atom is 0.138 e. The molecule has 0 bridgehead atoms. The number of fused-ring (bicyclic) bond motifs is 2. The summed E-state index contributed by atoms with van der Waals surface area (Å²) in [7, 11) is 2.18. The lowest BCUT2D eigenvalue weighted by Crippen LogP contribution is -2.44. The molecule has 2 aromatic heterocycles. The Labute approximate surface area is 222 Å². The van der Waals surface area contributed by atoms with Crippen LogP contribution in [0.15, 0.2) is 60.7 Å². The van der Waals surface area contributed by atoms with E-state index in [4.69, 9.17) is 14.7 Å². The second-order valence-corrected chi connectivity index (χ2v) is 10.9. The van der Waals surface area contributed by atoms with Gasteiger partial charge in [0, 0.05) is 43.0 Å². The average molecular weight is 507 g/mol. The summed E-state index contributed by atoms with van der Waals surface area (Å²) in [6, 6.07) is 21.1. The molecular weight excluding hydrogens is 472 g/mol. The van der Waals surface area contributed by atoms with Gasteiger partial charge in [0.1, 0.15) is 17.4 Å². The molecule has 0 unspecified atom stereocenters. The number of nitrogens with one attached hydrogen (secondary N) is 2. The molecule has 0 amide bonds. The highest BCUT2D eigenvalue weighted by Gasteiger charge is 2.17. The minimum absolute atomic E-state index is 0.713. The SMILES string of the molecule is CN1CCN(c2ccc3nc(-c4ccc5nc(-c6ccc(OCC7CCCC7)cc6)[nH]c5c4)[nH]c3c2)CC1. The van der Waals surface area contributed by atoms with Gasteiger partial charge in [-0.1, -0.05) is 12.8 Å². The van der Waals surface area contributed by atoms with E-state index >= 15 is 0 Å². The van der Waals surface area contributed by atoms with E-state index in [1.807, 2.05) is 12.1 Å². The molecule has 194 valence electrons. The third-order valence-electron chi connectivity index (χ3n) is 8.18. The maximum absolute atomic E-state index is 6.03. The van der Waals surface area contributed by atoms with Crippen LogP contribution < -0.4 is 9.64 Å². The second-order valence-electron chi connectivity index (χ2n) is 10.9. The van der Waals surface area contributed by atoms with Crippen LogP contribution in [0, 0.1) is 5.92 Å². The Morgan fingerprint density at radius 3 is 2.13 bits per heavy atom. The molecule has 38 heavy (non-hydrogen) atoms. The van der Waals surface area contributed by atoms with Gasteiger partial charge < -0.3 is 24.5 Å². The topological polar surface area (TPSA) is 73.1 Å². The number of hydrogen-bond acceptors (Lipinski definition) is 5. The van der Waals surface area contributed by atoms with Crippen molar-refractivity contribution in [3.63, 3.8) is 0 Å². The Morgan fingerprint density at radius 2 is 1.39 bits per heavy atom. The van der Waals surface area contributed by atoms with Crippen LogP contribution in [0.1, 0.15) is 25.7 Å². The molecule has 0 spiro atoms. The van der Waals surface area contributed by atoms with Crippen molar-refractivity contribution in [3.8, 4) is 28.5 Å². The molecule has 7 rings (SSSR count). The molecule has 1 saturated carbocycles. The van der Waals surface area contributed by atoms with Crippen LogP contribution in [0.2, 0.25) is 0 Å². The molecule has 1 aliphatic heterocycles. The van der Waals surface area contributed by atoms with Gasteiger partial charge in [-0.3, -0.25) is 0 Å². The van der Waals surface area contributed by atoms with Gasteiger partial charge >= 0.3 is 0 Å². The lowest BCUT2D eigenvalue weighted by atomic mass is 10.1. The van der Waals surface area contributed by atoms with Crippen molar-refractivity contribution in [1.82, 2.24) is 24.8 Å². The first-order chi connectivity index (χ1) is 18.7. The molecule has 0 atom stereocenters. The van der Waals surface area contributed by atoms with Crippen molar-refractivity contribution in [1.29, 1.82) is 0 Å².